The molecule has 3 N–H and O–H groups in total. The third kappa shape index (κ3) is 16.1. The van der Waals surface area contributed by atoms with Crippen molar-refractivity contribution in [1.29, 1.82) is 0 Å². The van der Waals surface area contributed by atoms with Crippen molar-refractivity contribution in [2.75, 3.05) is 46.2 Å². The number of ether oxygens (including phenoxy) is 6. The molecule has 0 saturated heterocycles. The van der Waals surface area contributed by atoms with Crippen LogP contribution >= 0.6 is 0 Å². The van der Waals surface area contributed by atoms with E-state index in [0.29, 0.717) is 0 Å². The maximum atomic E-state index is 12.8. The summed E-state index contributed by atoms with van der Waals surface area (Å²) < 4.78 is 31.0. The van der Waals surface area contributed by atoms with E-state index in [4.69, 9.17) is 40.0 Å². The number of benzene rings is 5. The summed E-state index contributed by atoms with van der Waals surface area (Å²) in [6.45, 7) is 10.9. The highest BCUT2D eigenvalue weighted by molar-refractivity contribution is 6.03. The molecular formula is C66H72O15. The van der Waals surface area contributed by atoms with Crippen molar-refractivity contribution >= 4 is 35.8 Å². The SMILES string of the molecule is C#CCC(CC#Cc1ccccc1)(C(=O)OCC)C(=O)OCC.C#CCO.CCOC(=O)C1(C(=O)OCC)Cc2cc(CO)cc(-c3ccccc3)c2C1.CCOC(=O)C1(C(=O)OCC)Cc2ccc(CO)c(-c3ccccc3)c2C1. The number of hydrogen-bond donors (Lipinski definition) is 3. The molecule has 5 aromatic rings. The zero-order valence-corrected chi connectivity index (χ0v) is 47.0. The van der Waals surface area contributed by atoms with Gasteiger partial charge in [-0.15, -0.1) is 18.8 Å². The van der Waals surface area contributed by atoms with Crippen LogP contribution in [0.15, 0.2) is 115 Å². The van der Waals surface area contributed by atoms with Crippen LogP contribution in [-0.2, 0) is 96.1 Å². The molecule has 7 rings (SSSR count). The monoisotopic (exact) mass is 1100 g/mol. The van der Waals surface area contributed by atoms with Gasteiger partial charge in [0.05, 0.1) is 52.9 Å². The third-order valence-corrected chi connectivity index (χ3v) is 13.2. The fourth-order valence-corrected chi connectivity index (χ4v) is 9.50. The largest absolute Gasteiger partial charge is 0.465 e. The Morgan fingerprint density at radius 1 is 0.506 bits per heavy atom. The van der Waals surface area contributed by atoms with Gasteiger partial charge >= 0.3 is 35.8 Å². The van der Waals surface area contributed by atoms with Crippen LogP contribution in [0.2, 0.25) is 0 Å². The molecule has 2 aliphatic rings. The number of rotatable bonds is 18. The highest BCUT2D eigenvalue weighted by Gasteiger charge is 2.55. The van der Waals surface area contributed by atoms with E-state index in [9.17, 15) is 39.0 Å². The van der Waals surface area contributed by atoms with Crippen molar-refractivity contribution in [3.05, 3.63) is 154 Å². The number of carbonyl (C=O) groups is 6. The van der Waals surface area contributed by atoms with E-state index in [1.807, 2.05) is 121 Å². The van der Waals surface area contributed by atoms with Crippen LogP contribution in [0.1, 0.15) is 93.3 Å². The van der Waals surface area contributed by atoms with E-state index in [-0.39, 0.29) is 98.0 Å². The summed E-state index contributed by atoms with van der Waals surface area (Å²) >= 11 is 0. The lowest BCUT2D eigenvalue weighted by atomic mass is 9.81. The number of fused-ring (bicyclic) bond motifs is 2. The molecule has 2 aliphatic carbocycles. The van der Waals surface area contributed by atoms with E-state index >= 15 is 0 Å². The Balaban J connectivity index is 0.000000254. The first-order chi connectivity index (χ1) is 39.1. The Bertz CT molecular complexity index is 2980. The Morgan fingerprint density at radius 2 is 0.951 bits per heavy atom. The van der Waals surface area contributed by atoms with Gasteiger partial charge in [-0.05, 0) is 128 Å². The smallest absolute Gasteiger partial charge is 0.325 e. The maximum absolute atomic E-state index is 12.8. The predicted molar refractivity (Wildman–Crippen MR) is 305 cm³/mol. The zero-order valence-electron chi connectivity index (χ0n) is 47.0. The summed E-state index contributed by atoms with van der Waals surface area (Å²) in [6.07, 6.45) is 10.6. The van der Waals surface area contributed by atoms with Crippen molar-refractivity contribution in [2.45, 2.75) is 93.3 Å². The molecule has 0 heterocycles. The first kappa shape index (κ1) is 65.0. The van der Waals surface area contributed by atoms with E-state index in [0.717, 1.165) is 61.2 Å². The molecule has 81 heavy (non-hydrogen) atoms. The van der Waals surface area contributed by atoms with Gasteiger partial charge in [-0.1, -0.05) is 115 Å². The fraction of sp³-hybridized carbons (Fsp3) is 0.364. The molecule has 0 aliphatic heterocycles. The summed E-state index contributed by atoms with van der Waals surface area (Å²) in [4.78, 5) is 75.8. The molecule has 5 aromatic carbocycles. The summed E-state index contributed by atoms with van der Waals surface area (Å²) in [6, 6.07) is 36.2. The van der Waals surface area contributed by atoms with Crippen LogP contribution < -0.4 is 0 Å². The molecule has 0 radical (unpaired) electrons. The molecule has 0 unspecified atom stereocenters. The first-order valence-electron chi connectivity index (χ1n) is 26.8. The van der Waals surface area contributed by atoms with Crippen LogP contribution in [0.5, 0.6) is 0 Å². The summed E-state index contributed by atoms with van der Waals surface area (Å²) in [5.74, 6) is 6.53. The lowest BCUT2D eigenvalue weighted by Crippen LogP contribution is -2.43. The van der Waals surface area contributed by atoms with Crippen molar-refractivity contribution in [3.63, 3.8) is 0 Å². The maximum Gasteiger partial charge on any atom is 0.325 e. The number of hydrogen-bond acceptors (Lipinski definition) is 15. The number of terminal acetylenes is 2. The minimum Gasteiger partial charge on any atom is -0.465 e. The quantitative estimate of drug-likeness (QED) is 0.0325. The predicted octanol–water partition coefficient (Wildman–Crippen LogP) is 8.29. The molecule has 0 saturated carbocycles. The molecule has 15 heteroatoms. The average molecular weight is 1110 g/mol. The fourth-order valence-electron chi connectivity index (χ4n) is 9.50. The van der Waals surface area contributed by atoms with Crippen molar-refractivity contribution in [1.82, 2.24) is 0 Å². The molecule has 0 spiro atoms. The van der Waals surface area contributed by atoms with Crippen LogP contribution in [-0.4, -0.2) is 97.4 Å². The number of aliphatic hydroxyl groups excluding tert-OH is 3. The highest BCUT2D eigenvalue weighted by atomic mass is 16.6. The Labute approximate surface area is 475 Å². The number of carbonyl (C=O) groups excluding carboxylic acids is 6. The van der Waals surface area contributed by atoms with Gasteiger partial charge in [0.15, 0.2) is 16.2 Å². The van der Waals surface area contributed by atoms with Gasteiger partial charge in [0.25, 0.3) is 0 Å². The number of aliphatic hydroxyl groups is 3. The minimum absolute atomic E-state index is 0.0518. The van der Waals surface area contributed by atoms with Crippen LogP contribution in [0.4, 0.5) is 0 Å². The molecule has 0 fully saturated rings. The molecule has 426 valence electrons. The Kier molecular flexibility index (Phi) is 26.1. The van der Waals surface area contributed by atoms with Gasteiger partial charge in [0.2, 0.25) is 0 Å². The third-order valence-electron chi connectivity index (χ3n) is 13.2. The normalized spacial score (nSPS) is 12.7. The number of esters is 6. The van der Waals surface area contributed by atoms with E-state index in [1.54, 1.807) is 41.5 Å². The molecule has 0 amide bonds. The van der Waals surface area contributed by atoms with E-state index in [1.165, 1.54) is 0 Å². The van der Waals surface area contributed by atoms with Crippen LogP contribution in [0, 0.1) is 52.8 Å². The molecular weight excluding hydrogens is 1030 g/mol. The van der Waals surface area contributed by atoms with Crippen LogP contribution in [0.25, 0.3) is 22.3 Å². The van der Waals surface area contributed by atoms with E-state index in [2.05, 4.69) is 24.2 Å². The molecule has 0 aromatic heterocycles. The standard InChI is InChI=1S/2C22H24O5.C19H20O4.C3H4O/c1-3-26-20(24)22(21(25)27-4-2)12-17-10-15(14-23)11-18(19(17)13-22)16-8-6-5-7-9-16;1-3-26-20(24)22(21(25)27-4-2)12-16-10-11-17(14-23)19(18(16)13-22)15-8-6-5-7-9-15;1-4-14-19(17(20)22-5-2,18(21)23-6-3)15-10-13-16-11-8-7-9-12-16;1-2-3-4/h2*5-11,23H,3-4,12-14H2,1-2H3;1,7-9,11-12H,5-6,14-15H2,2-3H3;1,4H,3H2. The van der Waals surface area contributed by atoms with Crippen molar-refractivity contribution in [3.8, 4) is 58.8 Å². The highest BCUT2D eigenvalue weighted by Crippen LogP contribution is 2.46. The Morgan fingerprint density at radius 3 is 1.38 bits per heavy atom. The minimum atomic E-state index is -1.58. The summed E-state index contributed by atoms with van der Waals surface area (Å²) in [5.41, 5.74) is 5.32. The summed E-state index contributed by atoms with van der Waals surface area (Å²) in [5, 5.41) is 27.2. The molecule has 0 bridgehead atoms. The molecule has 15 nitrogen and oxygen atoms in total. The van der Waals surface area contributed by atoms with Gasteiger partial charge in [0, 0.05) is 31.2 Å². The van der Waals surface area contributed by atoms with Crippen LogP contribution in [0.3, 0.4) is 0 Å². The van der Waals surface area contributed by atoms with Gasteiger partial charge in [0.1, 0.15) is 6.61 Å². The lowest BCUT2D eigenvalue weighted by molar-refractivity contribution is -0.173. The lowest BCUT2D eigenvalue weighted by Gasteiger charge is -2.25. The second-order valence-electron chi connectivity index (χ2n) is 18.4. The average Bonchev–Trinajstić information content (AvgIpc) is 4.31. The van der Waals surface area contributed by atoms with Gasteiger partial charge in [-0.25, -0.2) is 0 Å². The second-order valence-corrected chi connectivity index (χ2v) is 18.4. The Hall–Kier alpha value is -8.52. The van der Waals surface area contributed by atoms with Crippen molar-refractivity contribution in [2.24, 2.45) is 16.2 Å². The summed E-state index contributed by atoms with van der Waals surface area (Å²) in [7, 11) is 0. The van der Waals surface area contributed by atoms with Gasteiger partial charge in [-0.2, -0.15) is 0 Å². The first-order valence-corrected chi connectivity index (χ1v) is 26.8. The second kappa shape index (κ2) is 32.5. The van der Waals surface area contributed by atoms with Gasteiger partial charge in [-0.3, -0.25) is 28.8 Å². The van der Waals surface area contributed by atoms with E-state index < -0.39 is 52.1 Å². The topological polar surface area (TPSA) is 218 Å². The van der Waals surface area contributed by atoms with Crippen molar-refractivity contribution < 1.29 is 72.5 Å². The zero-order chi connectivity index (χ0) is 59.4. The molecule has 0 atom stereocenters. The van der Waals surface area contributed by atoms with Gasteiger partial charge < -0.3 is 43.7 Å².